The van der Waals surface area contributed by atoms with Gasteiger partial charge in [-0.15, -0.1) is 0 Å². The van der Waals surface area contributed by atoms with Crippen LogP contribution in [0, 0.1) is 0 Å². The van der Waals surface area contributed by atoms with E-state index < -0.39 is 29.5 Å². The van der Waals surface area contributed by atoms with Gasteiger partial charge in [-0.1, -0.05) is 0 Å². The van der Waals surface area contributed by atoms with Crippen LogP contribution in [0.4, 0.5) is 13.2 Å². The molecule has 8 nitrogen and oxygen atoms in total. The highest BCUT2D eigenvalue weighted by molar-refractivity contribution is 5.85. The number of halogens is 3. The lowest BCUT2D eigenvalue weighted by molar-refractivity contribution is -0.141. The van der Waals surface area contributed by atoms with E-state index in [0.717, 1.165) is 4.57 Å². The predicted octanol–water partition coefficient (Wildman–Crippen LogP) is 1.79. The summed E-state index contributed by atoms with van der Waals surface area (Å²) in [5.41, 5.74) is -2.06. The van der Waals surface area contributed by atoms with Crippen LogP contribution in [0.5, 0.6) is 0 Å². The van der Waals surface area contributed by atoms with Crippen LogP contribution in [0.25, 0.3) is 5.95 Å². The fourth-order valence-electron chi connectivity index (χ4n) is 1.40. The zero-order valence-corrected chi connectivity index (χ0v) is 11.3. The predicted molar refractivity (Wildman–Crippen MR) is 69.7 cm³/mol. The third-order valence-corrected chi connectivity index (χ3v) is 2.37. The summed E-state index contributed by atoms with van der Waals surface area (Å²) in [6.07, 6.45) is 4.12. The number of carbonyl (C=O) groups is 1. The van der Waals surface area contributed by atoms with Gasteiger partial charge in [-0.05, 0) is 0 Å². The molecular weight excluding hydrogens is 317 g/mol. The number of aromatic nitrogens is 6. The molecule has 0 unspecified atom stereocenters. The minimum absolute atomic E-state index is 0.378. The van der Waals surface area contributed by atoms with Crippen LogP contribution in [0.2, 0.25) is 0 Å². The van der Waals surface area contributed by atoms with Gasteiger partial charge in [0.05, 0.1) is 6.33 Å². The first kappa shape index (κ1) is 16.1. The molecular formula is C12H9F3N6O2. The zero-order chi connectivity index (χ0) is 16.9. The first-order chi connectivity index (χ1) is 10.9. The molecule has 3 aromatic rings. The topological polar surface area (TPSA) is 110 Å². The smallest absolute Gasteiger partial charge is 0.433 e. The first-order valence-corrected chi connectivity index (χ1v) is 5.98. The van der Waals surface area contributed by atoms with E-state index >= 15 is 0 Å². The van der Waals surface area contributed by atoms with Gasteiger partial charge >= 0.3 is 12.1 Å². The van der Waals surface area contributed by atoms with Gasteiger partial charge in [0.2, 0.25) is 5.95 Å². The number of nitrogens with zero attached hydrogens (tertiary/aromatic N) is 5. The normalized spacial score (nSPS) is 10.7. The fourth-order valence-corrected chi connectivity index (χ4v) is 1.40. The quantitative estimate of drug-likeness (QED) is 0.743. The van der Waals surface area contributed by atoms with Crippen LogP contribution in [0.15, 0.2) is 43.5 Å². The van der Waals surface area contributed by atoms with Crippen LogP contribution < -0.4 is 0 Å². The van der Waals surface area contributed by atoms with E-state index in [4.69, 9.17) is 5.11 Å². The van der Waals surface area contributed by atoms with Gasteiger partial charge in [-0.2, -0.15) is 13.2 Å². The van der Waals surface area contributed by atoms with Gasteiger partial charge in [-0.3, -0.25) is 4.57 Å². The Kier molecular flexibility index (Phi) is 4.69. The van der Waals surface area contributed by atoms with Crippen molar-refractivity contribution >= 4 is 5.97 Å². The molecule has 0 aromatic carbocycles. The van der Waals surface area contributed by atoms with Crippen molar-refractivity contribution in [2.75, 3.05) is 0 Å². The van der Waals surface area contributed by atoms with Gasteiger partial charge in [0, 0.05) is 30.9 Å². The SMILES string of the molecule is O=C(O)c1cc(C(F)(F)F)nc(-n2ccnc2)n1.c1c[nH]cn1. The molecule has 0 spiro atoms. The molecule has 0 aliphatic carbocycles. The molecule has 0 aliphatic heterocycles. The Hall–Kier alpha value is -3.24. The molecule has 3 aromatic heterocycles. The summed E-state index contributed by atoms with van der Waals surface area (Å²) in [5, 5.41) is 8.71. The number of rotatable bonds is 2. The molecule has 11 heteroatoms. The Morgan fingerprint density at radius 1 is 1.22 bits per heavy atom. The Balaban J connectivity index is 0.000000326. The lowest BCUT2D eigenvalue weighted by Crippen LogP contribution is -2.15. The number of carboxylic acid groups (broad SMARTS) is 1. The van der Waals surface area contributed by atoms with Gasteiger partial charge in [0.25, 0.3) is 0 Å². The number of aromatic carboxylic acids is 1. The number of alkyl halides is 3. The van der Waals surface area contributed by atoms with Crippen LogP contribution >= 0.6 is 0 Å². The maximum atomic E-state index is 12.5. The van der Waals surface area contributed by atoms with Crippen molar-refractivity contribution < 1.29 is 23.1 Å². The molecule has 0 radical (unpaired) electrons. The first-order valence-electron chi connectivity index (χ1n) is 5.98. The second kappa shape index (κ2) is 6.68. The molecule has 3 heterocycles. The molecule has 23 heavy (non-hydrogen) atoms. The third-order valence-electron chi connectivity index (χ3n) is 2.37. The lowest BCUT2D eigenvalue weighted by Gasteiger charge is -2.08. The maximum Gasteiger partial charge on any atom is 0.433 e. The summed E-state index contributed by atoms with van der Waals surface area (Å²) in [5.74, 6) is -1.97. The highest BCUT2D eigenvalue weighted by Gasteiger charge is 2.34. The molecule has 3 rings (SSSR count). The van der Waals surface area contributed by atoms with Crippen molar-refractivity contribution in [3.05, 3.63) is 54.9 Å². The second-order valence-electron chi connectivity index (χ2n) is 3.97. The van der Waals surface area contributed by atoms with E-state index in [1.54, 1.807) is 18.7 Å². The summed E-state index contributed by atoms with van der Waals surface area (Å²) in [6, 6.07) is 0.378. The van der Waals surface area contributed by atoms with Gasteiger partial charge in [0.15, 0.2) is 11.4 Å². The number of nitrogens with one attached hydrogen (secondary N) is 1. The summed E-state index contributed by atoms with van der Waals surface area (Å²) in [6.45, 7) is 0. The van der Waals surface area contributed by atoms with Crippen molar-refractivity contribution in [3.8, 4) is 5.95 Å². The number of hydrogen-bond acceptors (Lipinski definition) is 5. The Labute approximate surface area is 126 Å². The fraction of sp³-hybridized carbons (Fsp3) is 0.0833. The Morgan fingerprint density at radius 3 is 2.43 bits per heavy atom. The van der Waals surface area contributed by atoms with Crippen molar-refractivity contribution in [1.29, 1.82) is 0 Å². The second-order valence-corrected chi connectivity index (χ2v) is 3.97. The molecule has 120 valence electrons. The van der Waals surface area contributed by atoms with Crippen LogP contribution in [0.1, 0.15) is 16.2 Å². The molecule has 0 atom stereocenters. The highest BCUT2D eigenvalue weighted by atomic mass is 19.4. The maximum absolute atomic E-state index is 12.5. The van der Waals surface area contributed by atoms with Crippen molar-refractivity contribution in [2.24, 2.45) is 0 Å². The largest absolute Gasteiger partial charge is 0.477 e. The van der Waals surface area contributed by atoms with Crippen LogP contribution in [0.3, 0.4) is 0 Å². The zero-order valence-electron chi connectivity index (χ0n) is 11.3. The van der Waals surface area contributed by atoms with Crippen LogP contribution in [-0.2, 0) is 6.18 Å². The Bertz CT molecular complexity index is 738. The third kappa shape index (κ3) is 4.36. The number of H-pyrrole nitrogens is 1. The van der Waals surface area contributed by atoms with Gasteiger partial charge in [0.1, 0.15) is 6.33 Å². The number of hydrogen-bond donors (Lipinski definition) is 2. The van der Waals surface area contributed by atoms with E-state index in [2.05, 4.69) is 24.9 Å². The minimum atomic E-state index is -4.75. The lowest BCUT2D eigenvalue weighted by atomic mass is 10.3. The van der Waals surface area contributed by atoms with Gasteiger partial charge < -0.3 is 10.1 Å². The van der Waals surface area contributed by atoms with E-state index in [9.17, 15) is 18.0 Å². The molecule has 0 saturated carbocycles. The van der Waals surface area contributed by atoms with Crippen molar-refractivity contribution in [2.45, 2.75) is 6.18 Å². The molecule has 0 saturated heterocycles. The molecule has 0 aliphatic rings. The van der Waals surface area contributed by atoms with Gasteiger partial charge in [-0.25, -0.2) is 24.7 Å². The van der Waals surface area contributed by atoms with Crippen molar-refractivity contribution in [3.63, 3.8) is 0 Å². The number of imidazole rings is 2. The summed E-state index contributed by atoms with van der Waals surface area (Å²) < 4.78 is 38.7. The average Bonchev–Trinajstić information content (AvgIpc) is 3.21. The monoisotopic (exact) mass is 326 g/mol. The minimum Gasteiger partial charge on any atom is -0.477 e. The Morgan fingerprint density at radius 2 is 2.00 bits per heavy atom. The van der Waals surface area contributed by atoms with E-state index in [1.165, 1.54) is 18.7 Å². The summed E-state index contributed by atoms with van der Waals surface area (Å²) in [7, 11) is 0. The number of carboxylic acids is 1. The molecule has 0 fully saturated rings. The standard InChI is InChI=1S/C9H5F3N4O2.C3H4N2/c10-9(11,12)6-3-5(7(17)18)14-8(15-6)16-2-1-13-4-16;1-2-5-3-4-1/h1-4H,(H,17,18);1-3H,(H,4,5). The molecule has 2 N–H and O–H groups in total. The van der Waals surface area contributed by atoms with Crippen molar-refractivity contribution in [1.82, 2.24) is 29.5 Å². The highest BCUT2D eigenvalue weighted by Crippen LogP contribution is 2.28. The van der Waals surface area contributed by atoms with E-state index in [0.29, 0.717) is 6.07 Å². The van der Waals surface area contributed by atoms with E-state index in [-0.39, 0.29) is 0 Å². The van der Waals surface area contributed by atoms with E-state index in [1.807, 2.05) is 0 Å². The average molecular weight is 326 g/mol. The van der Waals surface area contributed by atoms with Crippen LogP contribution in [-0.4, -0.2) is 40.6 Å². The molecule has 0 bridgehead atoms. The summed E-state index contributed by atoms with van der Waals surface area (Å²) in [4.78, 5) is 27.5. The number of aromatic amines is 1. The molecule has 0 amide bonds. The summed E-state index contributed by atoms with van der Waals surface area (Å²) >= 11 is 0.